The van der Waals surface area contributed by atoms with E-state index in [1.165, 1.54) is 23.0 Å². The van der Waals surface area contributed by atoms with Crippen molar-refractivity contribution in [2.75, 3.05) is 18.6 Å². The number of carboxylic acids is 1. The Morgan fingerprint density at radius 1 is 1.26 bits per heavy atom. The Morgan fingerprint density at radius 3 is 2.60 bits per heavy atom. The molecule has 0 aliphatic carbocycles. The minimum absolute atomic E-state index is 0.168. The fraction of sp³-hybridized carbons (Fsp3) is 0.619. The van der Waals surface area contributed by atoms with E-state index in [1.54, 1.807) is 6.20 Å². The molecule has 0 spiro atoms. The third-order valence-electron chi connectivity index (χ3n) is 5.69. The van der Waals surface area contributed by atoms with E-state index in [4.69, 9.17) is 11.5 Å². The lowest BCUT2D eigenvalue weighted by atomic mass is 10.1. The number of amides is 4. The summed E-state index contributed by atoms with van der Waals surface area (Å²) in [6, 6.07) is -3.98. The number of likely N-dealkylation sites (tertiary alicyclic amines) is 1. The van der Waals surface area contributed by atoms with Crippen molar-refractivity contribution in [1.82, 2.24) is 25.5 Å². The zero-order chi connectivity index (χ0) is 26.0. The molecule has 4 atom stereocenters. The van der Waals surface area contributed by atoms with Crippen molar-refractivity contribution in [3.8, 4) is 0 Å². The first-order valence-corrected chi connectivity index (χ1v) is 12.7. The van der Waals surface area contributed by atoms with E-state index in [1.807, 2.05) is 6.26 Å². The summed E-state index contributed by atoms with van der Waals surface area (Å²) in [7, 11) is 0. The highest BCUT2D eigenvalue weighted by Gasteiger charge is 2.38. The molecule has 2 heterocycles. The Labute approximate surface area is 207 Å². The van der Waals surface area contributed by atoms with Crippen LogP contribution >= 0.6 is 11.8 Å². The molecule has 1 aliphatic rings. The molecule has 1 aromatic heterocycles. The summed E-state index contributed by atoms with van der Waals surface area (Å²) in [6.45, 7) is 0.365. The summed E-state index contributed by atoms with van der Waals surface area (Å²) in [4.78, 5) is 69.6. The molecule has 1 fully saturated rings. The zero-order valence-electron chi connectivity index (χ0n) is 19.6. The minimum Gasteiger partial charge on any atom is -0.480 e. The van der Waals surface area contributed by atoms with E-state index in [2.05, 4.69) is 20.6 Å². The average Bonchev–Trinajstić information content (AvgIpc) is 3.50. The van der Waals surface area contributed by atoms with Gasteiger partial charge in [0.25, 0.3) is 0 Å². The molecule has 2 rings (SSSR count). The normalized spacial score (nSPS) is 17.9. The van der Waals surface area contributed by atoms with Crippen LogP contribution in [0.4, 0.5) is 0 Å². The number of aromatic nitrogens is 2. The van der Waals surface area contributed by atoms with Gasteiger partial charge in [0.1, 0.15) is 18.1 Å². The number of H-pyrrole nitrogens is 1. The van der Waals surface area contributed by atoms with Crippen molar-refractivity contribution in [3.05, 3.63) is 18.2 Å². The molecule has 0 bridgehead atoms. The number of primary amides is 1. The summed E-state index contributed by atoms with van der Waals surface area (Å²) in [5, 5.41) is 14.4. The van der Waals surface area contributed by atoms with E-state index in [0.29, 0.717) is 30.8 Å². The van der Waals surface area contributed by atoms with Crippen LogP contribution in [0.2, 0.25) is 0 Å². The van der Waals surface area contributed by atoms with Gasteiger partial charge >= 0.3 is 5.97 Å². The van der Waals surface area contributed by atoms with Crippen molar-refractivity contribution < 1.29 is 29.1 Å². The number of nitrogens with zero attached hydrogens (tertiary/aromatic N) is 2. The molecule has 35 heavy (non-hydrogen) atoms. The maximum Gasteiger partial charge on any atom is 0.326 e. The van der Waals surface area contributed by atoms with Gasteiger partial charge in [0.2, 0.25) is 23.6 Å². The van der Waals surface area contributed by atoms with Crippen LogP contribution in [0.25, 0.3) is 0 Å². The molecule has 0 radical (unpaired) electrons. The van der Waals surface area contributed by atoms with Crippen LogP contribution in [0.5, 0.6) is 0 Å². The Hall–Kier alpha value is -3.13. The Balaban J connectivity index is 2.05. The second-order valence-electron chi connectivity index (χ2n) is 8.32. The predicted octanol–water partition coefficient (Wildman–Crippen LogP) is -1.66. The lowest BCUT2D eigenvalue weighted by Crippen LogP contribution is -2.57. The Bertz CT molecular complexity index is 897. The van der Waals surface area contributed by atoms with Crippen LogP contribution < -0.4 is 22.1 Å². The maximum absolute atomic E-state index is 13.1. The number of nitrogens with one attached hydrogen (secondary N) is 3. The Kier molecular flexibility index (Phi) is 11.0. The van der Waals surface area contributed by atoms with Crippen molar-refractivity contribution in [2.24, 2.45) is 11.5 Å². The van der Waals surface area contributed by atoms with Crippen LogP contribution in [0.1, 0.15) is 37.8 Å². The molecule has 1 saturated heterocycles. The van der Waals surface area contributed by atoms with E-state index < -0.39 is 47.9 Å². The lowest BCUT2D eigenvalue weighted by Gasteiger charge is -2.28. The fourth-order valence-electron chi connectivity index (χ4n) is 3.83. The number of rotatable bonds is 14. The molecule has 0 saturated carbocycles. The number of carboxylic acid groups (broad SMARTS) is 1. The zero-order valence-corrected chi connectivity index (χ0v) is 20.4. The highest BCUT2D eigenvalue weighted by Crippen LogP contribution is 2.19. The van der Waals surface area contributed by atoms with Gasteiger partial charge in [-0.15, -0.1) is 0 Å². The summed E-state index contributed by atoms with van der Waals surface area (Å²) < 4.78 is 0. The minimum atomic E-state index is -1.33. The number of carbonyl (C=O) groups excluding carboxylic acids is 4. The van der Waals surface area contributed by atoms with Gasteiger partial charge in [0, 0.05) is 31.3 Å². The smallest absolute Gasteiger partial charge is 0.326 e. The number of carbonyl (C=O) groups is 5. The van der Waals surface area contributed by atoms with E-state index in [9.17, 15) is 29.1 Å². The van der Waals surface area contributed by atoms with E-state index in [0.717, 1.165) is 0 Å². The molecule has 4 amide bonds. The number of nitrogens with two attached hydrogens (primary N) is 2. The van der Waals surface area contributed by atoms with Gasteiger partial charge in [0.15, 0.2) is 0 Å². The number of aliphatic carboxylic acids is 1. The van der Waals surface area contributed by atoms with Crippen molar-refractivity contribution in [3.63, 3.8) is 0 Å². The van der Waals surface area contributed by atoms with Crippen molar-refractivity contribution in [2.45, 2.75) is 62.7 Å². The van der Waals surface area contributed by atoms with Crippen LogP contribution in [-0.2, 0) is 30.4 Å². The largest absolute Gasteiger partial charge is 0.480 e. The molecular formula is C21H33N7O6S. The second kappa shape index (κ2) is 13.7. The molecule has 4 unspecified atom stereocenters. The van der Waals surface area contributed by atoms with Gasteiger partial charge in [0.05, 0.1) is 12.4 Å². The van der Waals surface area contributed by atoms with E-state index in [-0.39, 0.29) is 31.6 Å². The average molecular weight is 512 g/mol. The molecule has 14 heteroatoms. The van der Waals surface area contributed by atoms with E-state index >= 15 is 0 Å². The van der Waals surface area contributed by atoms with Crippen LogP contribution in [0, 0.1) is 0 Å². The number of imidazole rings is 1. The molecule has 1 aliphatic heterocycles. The topological polar surface area (TPSA) is 214 Å². The van der Waals surface area contributed by atoms with Crippen LogP contribution in [0.15, 0.2) is 12.5 Å². The third-order valence-corrected chi connectivity index (χ3v) is 6.33. The van der Waals surface area contributed by atoms with Crippen molar-refractivity contribution >= 4 is 41.4 Å². The number of aromatic amines is 1. The summed E-state index contributed by atoms with van der Waals surface area (Å²) in [5.74, 6) is -3.03. The van der Waals surface area contributed by atoms with Gasteiger partial charge in [-0.2, -0.15) is 11.8 Å². The fourth-order valence-corrected chi connectivity index (χ4v) is 4.30. The summed E-state index contributed by atoms with van der Waals surface area (Å²) >= 11 is 1.46. The van der Waals surface area contributed by atoms with Crippen molar-refractivity contribution in [1.29, 1.82) is 0 Å². The lowest BCUT2D eigenvalue weighted by molar-refractivity contribution is -0.143. The summed E-state index contributed by atoms with van der Waals surface area (Å²) in [6.07, 6.45) is 6.03. The molecule has 13 nitrogen and oxygen atoms in total. The predicted molar refractivity (Wildman–Crippen MR) is 128 cm³/mol. The number of hydrogen-bond acceptors (Lipinski definition) is 8. The van der Waals surface area contributed by atoms with Gasteiger partial charge in [-0.1, -0.05) is 0 Å². The standard InChI is InChI=1S/C21H33N7O6S/c1-35-8-6-14(18(30)27-15(21(33)34)4-5-17(23)29)26-19(31)16-3-2-7-28(16)20(32)13(22)9-12-10-24-11-25-12/h10-11,13-16H,2-9,22H2,1H3,(H2,23,29)(H,24,25)(H,26,31)(H,27,30)(H,33,34). The maximum atomic E-state index is 13.1. The monoisotopic (exact) mass is 511 g/mol. The first kappa shape index (κ1) is 28.1. The van der Waals surface area contributed by atoms with Crippen LogP contribution in [0.3, 0.4) is 0 Å². The van der Waals surface area contributed by atoms with Crippen LogP contribution in [-0.4, -0.2) is 92.3 Å². The van der Waals surface area contributed by atoms with Gasteiger partial charge < -0.3 is 37.1 Å². The molecular weight excluding hydrogens is 478 g/mol. The number of thioether (sulfide) groups is 1. The van der Waals surface area contributed by atoms with Gasteiger partial charge in [-0.3, -0.25) is 19.2 Å². The molecule has 0 aromatic carbocycles. The second-order valence-corrected chi connectivity index (χ2v) is 9.31. The molecule has 1 aromatic rings. The first-order chi connectivity index (χ1) is 16.6. The molecule has 194 valence electrons. The highest BCUT2D eigenvalue weighted by molar-refractivity contribution is 7.98. The molecule has 8 N–H and O–H groups in total. The first-order valence-electron chi connectivity index (χ1n) is 11.3. The quantitative estimate of drug-likeness (QED) is 0.168. The Morgan fingerprint density at radius 2 is 2.00 bits per heavy atom. The SMILES string of the molecule is CSCCC(NC(=O)C1CCCN1C(=O)C(N)Cc1cnc[nH]1)C(=O)NC(CCC(N)=O)C(=O)O. The van der Waals surface area contributed by atoms with Gasteiger partial charge in [-0.25, -0.2) is 9.78 Å². The summed E-state index contributed by atoms with van der Waals surface area (Å²) in [5.41, 5.74) is 11.8. The highest BCUT2D eigenvalue weighted by atomic mass is 32.2. The third kappa shape index (κ3) is 8.55. The van der Waals surface area contributed by atoms with Gasteiger partial charge in [-0.05, 0) is 37.7 Å². The number of hydrogen-bond donors (Lipinski definition) is 6.